The van der Waals surface area contributed by atoms with Crippen LogP contribution in [0.5, 0.6) is 0 Å². The van der Waals surface area contributed by atoms with Crippen molar-refractivity contribution in [2.24, 2.45) is 5.73 Å². The molecule has 10 nitrogen and oxygen atoms in total. The van der Waals surface area contributed by atoms with E-state index in [-0.39, 0.29) is 21.9 Å². The normalized spacial score (nSPS) is 17.1. The van der Waals surface area contributed by atoms with Crippen LogP contribution in [0.2, 0.25) is 0 Å². The predicted molar refractivity (Wildman–Crippen MR) is 173 cm³/mol. The number of aliphatic hydroxyl groups is 2. The molecule has 0 radical (unpaired) electrons. The van der Waals surface area contributed by atoms with Crippen molar-refractivity contribution in [3.05, 3.63) is 131 Å². The minimum Gasteiger partial charge on any atom is -0.391 e. The molecular weight excluding hydrogens is 617 g/mol. The number of rotatable bonds is 8. The van der Waals surface area contributed by atoms with E-state index in [1.54, 1.807) is 24.3 Å². The molecule has 0 saturated heterocycles. The number of aryl methyl sites for hydroxylation is 2. The summed E-state index contributed by atoms with van der Waals surface area (Å²) in [7, 11) is -8.04. The third-order valence-electron chi connectivity index (χ3n) is 7.20. The van der Waals surface area contributed by atoms with Gasteiger partial charge >= 0.3 is 0 Å². The highest BCUT2D eigenvalue weighted by Crippen LogP contribution is 2.31. The quantitative estimate of drug-likeness (QED) is 0.153. The van der Waals surface area contributed by atoms with E-state index in [1.165, 1.54) is 29.8 Å². The van der Waals surface area contributed by atoms with Crippen LogP contribution >= 0.6 is 0 Å². The summed E-state index contributed by atoms with van der Waals surface area (Å²) in [6.45, 7) is 4.05. The number of fused-ring (bicyclic) bond motifs is 1. The summed E-state index contributed by atoms with van der Waals surface area (Å²) in [5, 5.41) is 23.8. The molecule has 0 bridgehead atoms. The summed E-state index contributed by atoms with van der Waals surface area (Å²) in [6.07, 6.45) is 0.174. The topological polar surface area (TPSA) is 187 Å². The summed E-state index contributed by atoms with van der Waals surface area (Å²) in [6, 6.07) is 29.5. The second-order valence-electron chi connectivity index (χ2n) is 10.9. The first kappa shape index (κ1) is 36.0. The van der Waals surface area contributed by atoms with Crippen LogP contribution in [-0.2, 0) is 33.1 Å². The number of aliphatic hydroxyl groups excluding tert-OH is 2. The first-order chi connectivity index (χ1) is 21.1. The summed E-state index contributed by atoms with van der Waals surface area (Å²) in [4.78, 5) is -0.133. The van der Waals surface area contributed by atoms with E-state index in [9.17, 15) is 27.0 Å². The minimum absolute atomic E-state index is 0.0666. The maximum absolute atomic E-state index is 10.5. The van der Waals surface area contributed by atoms with Crippen molar-refractivity contribution in [1.29, 1.82) is 0 Å². The van der Waals surface area contributed by atoms with Crippen molar-refractivity contribution in [3.8, 4) is 0 Å². The third-order valence-corrected chi connectivity index (χ3v) is 8.93. The van der Waals surface area contributed by atoms with Crippen LogP contribution < -0.4 is 11.1 Å². The molecule has 0 fully saturated rings. The zero-order valence-electron chi connectivity index (χ0n) is 25.1. The Morgan fingerprint density at radius 3 is 1.71 bits per heavy atom. The average molecular weight is 657 g/mol. The molecule has 0 amide bonds. The maximum Gasteiger partial charge on any atom is 0.294 e. The lowest BCUT2D eigenvalue weighted by molar-refractivity contribution is 0.108. The largest absolute Gasteiger partial charge is 0.391 e. The van der Waals surface area contributed by atoms with Gasteiger partial charge in [0.05, 0.1) is 28.0 Å². The van der Waals surface area contributed by atoms with Gasteiger partial charge in [-0.25, -0.2) is 0 Å². The second kappa shape index (κ2) is 16.2. The van der Waals surface area contributed by atoms with Crippen LogP contribution in [0.25, 0.3) is 0 Å². The van der Waals surface area contributed by atoms with Gasteiger partial charge in [0, 0.05) is 19.0 Å². The molecule has 45 heavy (non-hydrogen) atoms. The second-order valence-corrected chi connectivity index (χ2v) is 13.7. The lowest BCUT2D eigenvalue weighted by Gasteiger charge is -2.23. The first-order valence-electron chi connectivity index (χ1n) is 14.2. The van der Waals surface area contributed by atoms with Gasteiger partial charge in [0.2, 0.25) is 0 Å². The van der Waals surface area contributed by atoms with E-state index in [0.717, 1.165) is 22.3 Å². The zero-order chi connectivity index (χ0) is 33.2. The molecule has 0 saturated carbocycles. The van der Waals surface area contributed by atoms with Crippen molar-refractivity contribution >= 4 is 20.2 Å². The number of nitrogens with two attached hydrogens (primary N) is 1. The van der Waals surface area contributed by atoms with Gasteiger partial charge in [-0.05, 0) is 61.2 Å². The highest BCUT2D eigenvalue weighted by molar-refractivity contribution is 7.86. The molecule has 0 spiro atoms. The predicted octanol–water partition coefficient (Wildman–Crippen LogP) is 3.65. The molecule has 4 aromatic rings. The van der Waals surface area contributed by atoms with E-state index in [1.807, 2.05) is 68.4 Å². The number of hydrogen-bond donors (Lipinski definition) is 6. The summed E-state index contributed by atoms with van der Waals surface area (Å²) in [5.41, 5.74) is 11.4. The van der Waals surface area contributed by atoms with Gasteiger partial charge < -0.3 is 21.3 Å². The average Bonchev–Trinajstić information content (AvgIpc) is 3.31. The van der Waals surface area contributed by atoms with Crippen molar-refractivity contribution in [1.82, 2.24) is 5.32 Å². The van der Waals surface area contributed by atoms with Crippen LogP contribution in [0, 0.1) is 13.8 Å². The molecule has 242 valence electrons. The standard InChI is InChI=1S/C19H24N2O2.2C7H8O3S/c20-16(10-13-6-2-1-3-7-13)18(23)12-21-19-15-9-5-4-8-14(15)11-17(19)22;2*1-6-2-4-7(5-3-6)11(8,9)10/h1-9,16-19,21-23H,10-12,20H2;2*2-5H,1H3,(H,8,9,10)/t16-,17-,18+,19+;;/m0../s1. The molecule has 4 aromatic carbocycles. The molecular formula is C33H40N2O8S2. The Kier molecular flexibility index (Phi) is 13.0. The molecule has 1 aliphatic carbocycles. The van der Waals surface area contributed by atoms with E-state index >= 15 is 0 Å². The van der Waals surface area contributed by atoms with Crippen LogP contribution in [0.1, 0.15) is 33.9 Å². The van der Waals surface area contributed by atoms with Crippen LogP contribution in [0.4, 0.5) is 0 Å². The SMILES string of the molecule is Cc1ccc(S(=O)(=O)O)cc1.Cc1ccc(S(=O)(=O)O)cc1.N[C@@H](Cc1ccccc1)[C@H](O)CN[C@@H]1c2ccccc2C[C@@H]1O. The number of nitrogens with one attached hydrogen (secondary N) is 1. The van der Waals surface area contributed by atoms with Gasteiger partial charge in [0.15, 0.2) is 0 Å². The van der Waals surface area contributed by atoms with Gasteiger partial charge in [-0.3, -0.25) is 9.11 Å². The van der Waals surface area contributed by atoms with E-state index < -0.39 is 32.4 Å². The van der Waals surface area contributed by atoms with E-state index in [0.29, 0.717) is 19.4 Å². The monoisotopic (exact) mass is 656 g/mol. The Labute approximate surface area is 265 Å². The molecule has 0 heterocycles. The third kappa shape index (κ3) is 11.4. The Balaban J connectivity index is 0.000000210. The Bertz CT molecular complexity index is 1640. The smallest absolute Gasteiger partial charge is 0.294 e. The van der Waals surface area contributed by atoms with Gasteiger partial charge in [-0.1, -0.05) is 90.0 Å². The minimum atomic E-state index is -4.02. The highest BCUT2D eigenvalue weighted by Gasteiger charge is 2.31. The van der Waals surface area contributed by atoms with Crippen molar-refractivity contribution in [3.63, 3.8) is 0 Å². The fraction of sp³-hybridized carbons (Fsp3) is 0.273. The molecule has 0 aliphatic heterocycles. The van der Waals surface area contributed by atoms with Gasteiger partial charge in [-0.15, -0.1) is 0 Å². The lowest BCUT2D eigenvalue weighted by Crippen LogP contribution is -2.45. The van der Waals surface area contributed by atoms with E-state index in [4.69, 9.17) is 14.8 Å². The van der Waals surface area contributed by atoms with Gasteiger partial charge in [0.25, 0.3) is 20.2 Å². The Morgan fingerprint density at radius 1 is 0.756 bits per heavy atom. The molecule has 5 rings (SSSR count). The van der Waals surface area contributed by atoms with Crippen molar-refractivity contribution in [2.75, 3.05) is 6.54 Å². The fourth-order valence-electron chi connectivity index (χ4n) is 4.66. The maximum atomic E-state index is 10.5. The number of benzene rings is 4. The molecule has 7 N–H and O–H groups in total. The molecule has 0 unspecified atom stereocenters. The van der Waals surface area contributed by atoms with Gasteiger partial charge in [0.1, 0.15) is 0 Å². The zero-order valence-corrected chi connectivity index (χ0v) is 26.7. The van der Waals surface area contributed by atoms with Gasteiger partial charge in [-0.2, -0.15) is 16.8 Å². The molecule has 1 aliphatic rings. The van der Waals surface area contributed by atoms with E-state index in [2.05, 4.69) is 5.32 Å². The summed E-state index contributed by atoms with van der Waals surface area (Å²) < 4.78 is 59.1. The highest BCUT2D eigenvalue weighted by atomic mass is 32.2. The van der Waals surface area contributed by atoms with Crippen molar-refractivity contribution in [2.45, 2.75) is 60.8 Å². The molecule has 12 heteroatoms. The summed E-state index contributed by atoms with van der Waals surface area (Å²) >= 11 is 0. The Hall–Kier alpha value is -3.46. The Morgan fingerprint density at radius 2 is 1.22 bits per heavy atom. The molecule has 0 aromatic heterocycles. The van der Waals surface area contributed by atoms with Crippen LogP contribution in [-0.4, -0.2) is 60.9 Å². The fourth-order valence-corrected chi connectivity index (χ4v) is 5.62. The number of hydrogen-bond acceptors (Lipinski definition) is 8. The van der Waals surface area contributed by atoms with Crippen LogP contribution in [0.3, 0.4) is 0 Å². The first-order valence-corrected chi connectivity index (χ1v) is 17.1. The van der Waals surface area contributed by atoms with Crippen molar-refractivity contribution < 1.29 is 36.2 Å². The van der Waals surface area contributed by atoms with Crippen LogP contribution in [0.15, 0.2) is 113 Å². The summed E-state index contributed by atoms with van der Waals surface area (Å²) in [5.74, 6) is 0. The lowest BCUT2D eigenvalue weighted by atomic mass is 10.0. The molecule has 4 atom stereocenters.